The number of aromatic nitrogens is 1. The average Bonchev–Trinajstić information content (AvgIpc) is 2.95. The van der Waals surface area contributed by atoms with Crippen molar-refractivity contribution in [2.45, 2.75) is 44.8 Å². The number of pyridine rings is 1. The van der Waals surface area contributed by atoms with Gasteiger partial charge in [0.05, 0.1) is 10.7 Å². The number of likely N-dealkylation sites (tertiary alicyclic amines) is 1. The fraction of sp³-hybridized carbons (Fsp3) is 0.500. The van der Waals surface area contributed by atoms with Gasteiger partial charge in [0, 0.05) is 38.8 Å². The Hall–Kier alpha value is -2.15. The van der Waals surface area contributed by atoms with Crippen molar-refractivity contribution in [3.05, 3.63) is 58.9 Å². The molecule has 2 heterocycles. The van der Waals surface area contributed by atoms with Crippen LogP contribution in [0.15, 0.2) is 42.6 Å². The maximum absolute atomic E-state index is 12.7. The summed E-state index contributed by atoms with van der Waals surface area (Å²) in [6.07, 6.45) is 4.07. The molecule has 168 valence electrons. The number of benzene rings is 1. The smallest absolute Gasteiger partial charge is 0.223 e. The first-order valence-electron chi connectivity index (χ1n) is 10.8. The number of halogens is 1. The Morgan fingerprint density at radius 1 is 1.29 bits per heavy atom. The number of rotatable bonds is 8. The van der Waals surface area contributed by atoms with Crippen LogP contribution in [0.2, 0.25) is 5.02 Å². The first-order chi connectivity index (χ1) is 14.8. The van der Waals surface area contributed by atoms with E-state index >= 15 is 0 Å². The van der Waals surface area contributed by atoms with Gasteiger partial charge in [-0.3, -0.25) is 9.78 Å². The number of aliphatic hydroxyl groups is 1. The second kappa shape index (κ2) is 10.9. The summed E-state index contributed by atoms with van der Waals surface area (Å²) in [5, 5.41) is 11.6. The molecule has 1 atom stereocenters. The lowest BCUT2D eigenvalue weighted by Crippen LogP contribution is -2.39. The fourth-order valence-electron chi connectivity index (χ4n) is 3.80. The zero-order chi connectivity index (χ0) is 22.3. The van der Waals surface area contributed by atoms with Gasteiger partial charge in [-0.15, -0.1) is 0 Å². The molecular formula is C24H32ClN3O3. The van der Waals surface area contributed by atoms with Crippen molar-refractivity contribution in [1.82, 2.24) is 14.8 Å². The minimum Gasteiger partial charge on any atom is -0.489 e. The number of aryl methyl sites for hydroxylation is 1. The average molecular weight is 446 g/mol. The van der Waals surface area contributed by atoms with Crippen LogP contribution >= 0.6 is 11.6 Å². The minimum atomic E-state index is -0.960. The first kappa shape index (κ1) is 23.5. The van der Waals surface area contributed by atoms with Crippen LogP contribution in [-0.4, -0.2) is 64.7 Å². The number of carbonyl (C=O) groups is 1. The van der Waals surface area contributed by atoms with Crippen LogP contribution in [0.25, 0.3) is 0 Å². The Labute approximate surface area is 189 Å². The topological polar surface area (TPSA) is 65.9 Å². The number of nitrogens with zero attached hydrogens (tertiary/aromatic N) is 3. The fourth-order valence-corrected chi connectivity index (χ4v) is 3.97. The Morgan fingerprint density at radius 2 is 2.13 bits per heavy atom. The van der Waals surface area contributed by atoms with E-state index in [0.717, 1.165) is 17.7 Å². The summed E-state index contributed by atoms with van der Waals surface area (Å²) in [6.45, 7) is 4.73. The predicted octanol–water partition coefficient (Wildman–Crippen LogP) is 3.69. The van der Waals surface area contributed by atoms with Crippen molar-refractivity contribution < 1.29 is 14.6 Å². The molecular weight excluding hydrogens is 414 g/mol. The normalized spacial score (nSPS) is 19.3. The molecule has 1 amide bonds. The van der Waals surface area contributed by atoms with E-state index in [1.807, 2.05) is 49.2 Å². The molecule has 0 aliphatic carbocycles. The molecule has 6 nitrogen and oxygen atoms in total. The molecule has 0 spiro atoms. The Balaban J connectivity index is 1.46. The van der Waals surface area contributed by atoms with Gasteiger partial charge < -0.3 is 19.6 Å². The van der Waals surface area contributed by atoms with Crippen molar-refractivity contribution in [3.63, 3.8) is 0 Å². The van der Waals surface area contributed by atoms with Crippen molar-refractivity contribution in [2.75, 3.05) is 33.3 Å². The maximum atomic E-state index is 12.7. The van der Waals surface area contributed by atoms with Gasteiger partial charge in [-0.05, 0) is 63.1 Å². The number of hydrogen-bond donors (Lipinski definition) is 1. The number of carbonyl (C=O) groups excluding carboxylic acids is 1. The molecule has 1 aliphatic rings. The van der Waals surface area contributed by atoms with E-state index in [0.29, 0.717) is 56.2 Å². The molecule has 1 aromatic carbocycles. The SMILES string of the molecule is Cc1ccc(Cl)c(OCC2(O)CCCN(C(=O)CCN(C)Cc3ccccn3)CC2)c1. The third-order valence-electron chi connectivity index (χ3n) is 5.72. The summed E-state index contributed by atoms with van der Waals surface area (Å²) in [4.78, 5) is 21.0. The first-order valence-corrected chi connectivity index (χ1v) is 11.2. The van der Waals surface area contributed by atoms with Gasteiger partial charge in [-0.1, -0.05) is 23.7 Å². The van der Waals surface area contributed by atoms with Crippen LogP contribution in [0.4, 0.5) is 0 Å². The lowest BCUT2D eigenvalue weighted by Gasteiger charge is -2.27. The number of hydrogen-bond acceptors (Lipinski definition) is 5. The van der Waals surface area contributed by atoms with E-state index in [4.69, 9.17) is 16.3 Å². The highest BCUT2D eigenvalue weighted by Crippen LogP contribution is 2.29. The van der Waals surface area contributed by atoms with Crippen LogP contribution in [-0.2, 0) is 11.3 Å². The molecule has 1 fully saturated rings. The lowest BCUT2D eigenvalue weighted by atomic mass is 9.96. The van der Waals surface area contributed by atoms with Gasteiger partial charge in [-0.25, -0.2) is 0 Å². The summed E-state index contributed by atoms with van der Waals surface area (Å²) in [7, 11) is 2.00. The molecule has 1 unspecified atom stereocenters. The monoisotopic (exact) mass is 445 g/mol. The molecule has 0 radical (unpaired) electrons. The molecule has 0 bridgehead atoms. The third-order valence-corrected chi connectivity index (χ3v) is 6.03. The van der Waals surface area contributed by atoms with Crippen LogP contribution in [0.3, 0.4) is 0 Å². The Morgan fingerprint density at radius 3 is 2.90 bits per heavy atom. The van der Waals surface area contributed by atoms with Gasteiger partial charge >= 0.3 is 0 Å². The molecule has 3 rings (SSSR count). The highest BCUT2D eigenvalue weighted by atomic mass is 35.5. The zero-order valence-electron chi connectivity index (χ0n) is 18.4. The van der Waals surface area contributed by atoms with E-state index in [1.165, 1.54) is 0 Å². The second-order valence-electron chi connectivity index (χ2n) is 8.49. The predicted molar refractivity (Wildman–Crippen MR) is 122 cm³/mol. The highest BCUT2D eigenvalue weighted by Gasteiger charge is 2.32. The summed E-state index contributed by atoms with van der Waals surface area (Å²) < 4.78 is 5.85. The van der Waals surface area contributed by atoms with E-state index in [9.17, 15) is 9.90 Å². The third kappa shape index (κ3) is 7.20. The molecule has 1 aromatic heterocycles. The van der Waals surface area contributed by atoms with Gasteiger partial charge in [0.1, 0.15) is 18.0 Å². The Bertz CT molecular complexity index is 864. The quantitative estimate of drug-likeness (QED) is 0.671. The summed E-state index contributed by atoms with van der Waals surface area (Å²) >= 11 is 6.20. The lowest BCUT2D eigenvalue weighted by molar-refractivity contribution is -0.131. The zero-order valence-corrected chi connectivity index (χ0v) is 19.1. The van der Waals surface area contributed by atoms with Crippen LogP contribution < -0.4 is 4.74 Å². The largest absolute Gasteiger partial charge is 0.489 e. The molecule has 1 N–H and O–H groups in total. The molecule has 2 aromatic rings. The van der Waals surface area contributed by atoms with Crippen molar-refractivity contribution in [3.8, 4) is 5.75 Å². The molecule has 0 saturated carbocycles. The van der Waals surface area contributed by atoms with E-state index in [1.54, 1.807) is 12.3 Å². The standard InChI is InChI=1S/C24H32ClN3O3/c1-19-7-8-21(25)22(16-19)31-18-24(30)10-5-13-28(15-11-24)23(29)9-14-27(2)17-20-6-3-4-12-26-20/h3-4,6-8,12,16,30H,5,9-11,13-15,17-18H2,1-2H3. The van der Waals surface area contributed by atoms with Gasteiger partial charge in [0.25, 0.3) is 0 Å². The molecule has 1 saturated heterocycles. The summed E-state index contributed by atoms with van der Waals surface area (Å²) in [5.74, 6) is 0.711. The highest BCUT2D eigenvalue weighted by molar-refractivity contribution is 6.32. The van der Waals surface area contributed by atoms with Crippen molar-refractivity contribution in [1.29, 1.82) is 0 Å². The van der Waals surface area contributed by atoms with Crippen LogP contribution in [0, 0.1) is 6.92 Å². The van der Waals surface area contributed by atoms with E-state index < -0.39 is 5.60 Å². The minimum absolute atomic E-state index is 0.125. The molecule has 7 heteroatoms. The number of ether oxygens (including phenoxy) is 1. The van der Waals surface area contributed by atoms with Crippen LogP contribution in [0.5, 0.6) is 5.75 Å². The van der Waals surface area contributed by atoms with E-state index in [-0.39, 0.29) is 12.5 Å². The second-order valence-corrected chi connectivity index (χ2v) is 8.90. The van der Waals surface area contributed by atoms with Gasteiger partial charge in [-0.2, -0.15) is 0 Å². The Kier molecular flexibility index (Phi) is 8.29. The summed E-state index contributed by atoms with van der Waals surface area (Å²) in [5.41, 5.74) is 1.08. The number of amides is 1. The van der Waals surface area contributed by atoms with Gasteiger partial charge in [0.15, 0.2) is 0 Å². The summed E-state index contributed by atoms with van der Waals surface area (Å²) in [6, 6.07) is 11.4. The molecule has 1 aliphatic heterocycles. The maximum Gasteiger partial charge on any atom is 0.223 e. The van der Waals surface area contributed by atoms with Crippen molar-refractivity contribution >= 4 is 17.5 Å². The van der Waals surface area contributed by atoms with Crippen LogP contribution in [0.1, 0.15) is 36.9 Å². The van der Waals surface area contributed by atoms with E-state index in [2.05, 4.69) is 9.88 Å². The van der Waals surface area contributed by atoms with Crippen molar-refractivity contribution in [2.24, 2.45) is 0 Å². The molecule has 31 heavy (non-hydrogen) atoms. The van der Waals surface area contributed by atoms with Gasteiger partial charge in [0.2, 0.25) is 5.91 Å².